The zero-order valence-corrected chi connectivity index (χ0v) is 16.7. The SMILES string of the molecule is Cc1oc(-c2ccccc2Cl)nc1CN1CCC[C@H](CN2CCOCC2)C1. The van der Waals surface area contributed by atoms with E-state index in [0.29, 0.717) is 10.9 Å². The number of aryl methyl sites for hydroxylation is 1. The number of hydrogen-bond donors (Lipinski definition) is 0. The highest BCUT2D eigenvalue weighted by Gasteiger charge is 2.24. The molecule has 0 unspecified atom stereocenters. The van der Waals surface area contributed by atoms with Crippen LogP contribution in [0.15, 0.2) is 28.7 Å². The summed E-state index contributed by atoms with van der Waals surface area (Å²) in [6.45, 7) is 10.2. The molecule has 146 valence electrons. The van der Waals surface area contributed by atoms with Crippen LogP contribution in [0.4, 0.5) is 0 Å². The van der Waals surface area contributed by atoms with Crippen molar-refractivity contribution in [3.05, 3.63) is 40.7 Å². The second-order valence-corrected chi connectivity index (χ2v) is 8.07. The Morgan fingerprint density at radius 1 is 1.15 bits per heavy atom. The molecule has 0 bridgehead atoms. The van der Waals surface area contributed by atoms with Crippen LogP contribution in [0.3, 0.4) is 0 Å². The highest BCUT2D eigenvalue weighted by atomic mass is 35.5. The Balaban J connectivity index is 1.39. The standard InChI is InChI=1S/C21H28ClN3O2/c1-16-20(23-21(27-16)18-6-2-3-7-19(18)22)15-25-8-4-5-17(14-25)13-24-9-11-26-12-10-24/h2-3,6-7,17H,4-5,8-15H2,1H3/t17-/m1/s1. The molecule has 27 heavy (non-hydrogen) atoms. The lowest BCUT2D eigenvalue weighted by Gasteiger charge is -2.36. The molecular weight excluding hydrogens is 362 g/mol. The molecule has 0 N–H and O–H groups in total. The van der Waals surface area contributed by atoms with Gasteiger partial charge >= 0.3 is 0 Å². The number of hydrogen-bond acceptors (Lipinski definition) is 5. The highest BCUT2D eigenvalue weighted by molar-refractivity contribution is 6.33. The van der Waals surface area contributed by atoms with Gasteiger partial charge in [-0.2, -0.15) is 0 Å². The van der Waals surface area contributed by atoms with Gasteiger partial charge in [-0.15, -0.1) is 0 Å². The smallest absolute Gasteiger partial charge is 0.228 e. The minimum Gasteiger partial charge on any atom is -0.441 e. The first-order valence-electron chi connectivity index (χ1n) is 9.92. The zero-order valence-electron chi connectivity index (χ0n) is 16.0. The second-order valence-electron chi connectivity index (χ2n) is 7.66. The Morgan fingerprint density at radius 2 is 1.96 bits per heavy atom. The van der Waals surface area contributed by atoms with Gasteiger partial charge in [0.05, 0.1) is 29.5 Å². The first-order chi connectivity index (χ1) is 13.2. The van der Waals surface area contributed by atoms with Crippen LogP contribution in [0.25, 0.3) is 11.5 Å². The quantitative estimate of drug-likeness (QED) is 0.777. The van der Waals surface area contributed by atoms with E-state index >= 15 is 0 Å². The molecule has 4 rings (SSSR count). The number of halogens is 1. The Morgan fingerprint density at radius 3 is 2.78 bits per heavy atom. The van der Waals surface area contributed by atoms with Crippen molar-refractivity contribution in [3.8, 4) is 11.5 Å². The summed E-state index contributed by atoms with van der Waals surface area (Å²) >= 11 is 6.30. The molecule has 6 heteroatoms. The van der Waals surface area contributed by atoms with Gasteiger partial charge in [0, 0.05) is 32.7 Å². The van der Waals surface area contributed by atoms with E-state index in [0.717, 1.165) is 68.9 Å². The molecule has 1 aromatic carbocycles. The molecule has 2 aliphatic rings. The molecule has 2 saturated heterocycles. The van der Waals surface area contributed by atoms with Crippen LogP contribution in [0.1, 0.15) is 24.3 Å². The summed E-state index contributed by atoms with van der Waals surface area (Å²) in [6, 6.07) is 7.71. The first kappa shape index (κ1) is 18.9. The van der Waals surface area contributed by atoms with Crippen molar-refractivity contribution in [2.75, 3.05) is 45.9 Å². The van der Waals surface area contributed by atoms with E-state index in [-0.39, 0.29) is 0 Å². The number of ether oxygens (including phenoxy) is 1. The van der Waals surface area contributed by atoms with Crippen molar-refractivity contribution in [1.82, 2.24) is 14.8 Å². The van der Waals surface area contributed by atoms with E-state index in [9.17, 15) is 0 Å². The maximum atomic E-state index is 6.30. The molecule has 1 atom stereocenters. The van der Waals surface area contributed by atoms with Crippen molar-refractivity contribution < 1.29 is 9.15 Å². The Labute approximate surface area is 166 Å². The predicted octanol–water partition coefficient (Wildman–Crippen LogP) is 3.85. The van der Waals surface area contributed by atoms with Gasteiger partial charge in [0.25, 0.3) is 0 Å². The molecule has 1 aromatic heterocycles. The van der Waals surface area contributed by atoms with Gasteiger partial charge in [-0.25, -0.2) is 4.98 Å². The molecule has 0 aliphatic carbocycles. The molecule has 2 aromatic rings. The third kappa shape index (κ3) is 4.72. The number of likely N-dealkylation sites (tertiary alicyclic amines) is 1. The lowest BCUT2D eigenvalue weighted by molar-refractivity contribution is 0.0223. The fourth-order valence-corrected chi connectivity index (χ4v) is 4.35. The van der Waals surface area contributed by atoms with Crippen molar-refractivity contribution in [2.24, 2.45) is 5.92 Å². The van der Waals surface area contributed by atoms with E-state index in [1.807, 2.05) is 31.2 Å². The second kappa shape index (κ2) is 8.74. The van der Waals surface area contributed by atoms with Crippen LogP contribution in [0, 0.1) is 12.8 Å². The van der Waals surface area contributed by atoms with Gasteiger partial charge < -0.3 is 9.15 Å². The van der Waals surface area contributed by atoms with Gasteiger partial charge in [-0.05, 0) is 44.4 Å². The van der Waals surface area contributed by atoms with Crippen LogP contribution >= 0.6 is 11.6 Å². The normalized spacial score (nSPS) is 22.2. The fourth-order valence-electron chi connectivity index (χ4n) is 4.13. The van der Waals surface area contributed by atoms with Gasteiger partial charge in [0.15, 0.2) is 0 Å². The van der Waals surface area contributed by atoms with E-state index in [1.165, 1.54) is 19.4 Å². The van der Waals surface area contributed by atoms with Crippen molar-refractivity contribution in [1.29, 1.82) is 0 Å². The molecular formula is C21H28ClN3O2. The number of rotatable bonds is 5. The Kier molecular flexibility index (Phi) is 6.13. The average Bonchev–Trinajstić information content (AvgIpc) is 3.03. The van der Waals surface area contributed by atoms with Gasteiger partial charge in [0.2, 0.25) is 5.89 Å². The molecule has 5 nitrogen and oxygen atoms in total. The minimum absolute atomic E-state index is 0.620. The fraction of sp³-hybridized carbons (Fsp3) is 0.571. The molecule has 3 heterocycles. The minimum atomic E-state index is 0.620. The van der Waals surface area contributed by atoms with Crippen LogP contribution in [0.5, 0.6) is 0 Å². The summed E-state index contributed by atoms with van der Waals surface area (Å²) in [4.78, 5) is 9.83. The third-order valence-electron chi connectivity index (χ3n) is 5.59. The number of benzene rings is 1. The number of nitrogens with zero attached hydrogens (tertiary/aromatic N) is 3. The largest absolute Gasteiger partial charge is 0.441 e. The van der Waals surface area contributed by atoms with Crippen LogP contribution < -0.4 is 0 Å². The van der Waals surface area contributed by atoms with Gasteiger partial charge in [-0.1, -0.05) is 23.7 Å². The van der Waals surface area contributed by atoms with E-state index in [2.05, 4.69) is 9.80 Å². The monoisotopic (exact) mass is 389 g/mol. The number of morpholine rings is 1. The summed E-state index contributed by atoms with van der Waals surface area (Å²) in [6.07, 6.45) is 2.57. The first-order valence-corrected chi connectivity index (χ1v) is 10.3. The van der Waals surface area contributed by atoms with Crippen LogP contribution in [0.2, 0.25) is 5.02 Å². The summed E-state index contributed by atoms with van der Waals surface area (Å²) in [7, 11) is 0. The third-order valence-corrected chi connectivity index (χ3v) is 5.92. The number of oxazole rings is 1. The number of piperidine rings is 1. The Hall–Kier alpha value is -1.40. The van der Waals surface area contributed by atoms with Gasteiger partial charge in [0.1, 0.15) is 5.76 Å². The molecule has 0 spiro atoms. The van der Waals surface area contributed by atoms with Crippen molar-refractivity contribution in [3.63, 3.8) is 0 Å². The van der Waals surface area contributed by atoms with E-state index < -0.39 is 0 Å². The lowest BCUT2D eigenvalue weighted by Crippen LogP contribution is -2.44. The molecule has 2 aliphatic heterocycles. The highest BCUT2D eigenvalue weighted by Crippen LogP contribution is 2.29. The van der Waals surface area contributed by atoms with Crippen LogP contribution in [-0.4, -0.2) is 60.7 Å². The lowest BCUT2D eigenvalue weighted by atomic mass is 9.97. The summed E-state index contributed by atoms with van der Waals surface area (Å²) in [5.41, 5.74) is 1.88. The Bertz CT molecular complexity index is 758. The topological polar surface area (TPSA) is 41.7 Å². The molecule has 2 fully saturated rings. The van der Waals surface area contributed by atoms with Gasteiger partial charge in [-0.3, -0.25) is 9.80 Å². The maximum Gasteiger partial charge on any atom is 0.228 e. The van der Waals surface area contributed by atoms with E-state index in [1.54, 1.807) is 0 Å². The summed E-state index contributed by atoms with van der Waals surface area (Å²) in [5.74, 6) is 2.24. The zero-order chi connectivity index (χ0) is 18.6. The number of aromatic nitrogens is 1. The van der Waals surface area contributed by atoms with E-state index in [4.69, 9.17) is 25.7 Å². The summed E-state index contributed by atoms with van der Waals surface area (Å²) in [5, 5.41) is 0.675. The average molecular weight is 390 g/mol. The maximum absolute atomic E-state index is 6.30. The molecule has 0 radical (unpaired) electrons. The van der Waals surface area contributed by atoms with Crippen LogP contribution in [-0.2, 0) is 11.3 Å². The summed E-state index contributed by atoms with van der Waals surface area (Å²) < 4.78 is 11.4. The van der Waals surface area contributed by atoms with Crippen molar-refractivity contribution >= 4 is 11.6 Å². The predicted molar refractivity (Wildman–Crippen MR) is 107 cm³/mol. The molecule has 0 saturated carbocycles. The molecule has 0 amide bonds. The van der Waals surface area contributed by atoms with Crippen molar-refractivity contribution in [2.45, 2.75) is 26.3 Å².